The molecule has 0 atom stereocenters. The Morgan fingerprint density at radius 1 is 1.10 bits per heavy atom. The maximum atomic E-state index is 13.7. The van der Waals surface area contributed by atoms with E-state index in [0.29, 0.717) is 9.53 Å². The molecule has 0 aliphatic carbocycles. The summed E-state index contributed by atoms with van der Waals surface area (Å²) in [5, 5.41) is 4.09. The maximum absolute atomic E-state index is 13.7. The quantitative estimate of drug-likeness (QED) is 0.497. The number of benzene rings is 1. The van der Waals surface area contributed by atoms with Crippen LogP contribution in [0, 0.1) is 21.2 Å². The van der Waals surface area contributed by atoms with Crippen molar-refractivity contribution in [2.24, 2.45) is 0 Å². The molecule has 0 saturated heterocycles. The predicted octanol–water partition coefficient (Wildman–Crippen LogP) is 3.34. The monoisotopic (exact) mass is 389 g/mol. The van der Waals surface area contributed by atoms with Crippen LogP contribution in [0.3, 0.4) is 0 Å². The molecule has 7 heteroatoms. The zero-order valence-corrected chi connectivity index (χ0v) is 12.1. The lowest BCUT2D eigenvalue weighted by Gasteiger charge is -2.04. The maximum Gasteiger partial charge on any atom is 0.165 e. The van der Waals surface area contributed by atoms with Gasteiger partial charge in [-0.2, -0.15) is 5.10 Å². The molecule has 0 N–H and O–H groups in total. The van der Waals surface area contributed by atoms with E-state index in [1.54, 1.807) is 18.3 Å². The van der Waals surface area contributed by atoms with Crippen LogP contribution in [0.4, 0.5) is 13.2 Å². The molecule has 3 aromatic rings. The van der Waals surface area contributed by atoms with Crippen molar-refractivity contribution in [2.45, 2.75) is 6.42 Å². The fraction of sp³-hybridized carbons (Fsp3) is 0.0769. The van der Waals surface area contributed by atoms with Gasteiger partial charge in [0.2, 0.25) is 0 Å². The van der Waals surface area contributed by atoms with Gasteiger partial charge >= 0.3 is 0 Å². The van der Waals surface area contributed by atoms with Crippen LogP contribution < -0.4 is 0 Å². The van der Waals surface area contributed by atoms with Gasteiger partial charge in [0, 0.05) is 18.2 Å². The van der Waals surface area contributed by atoms with Gasteiger partial charge in [0.1, 0.15) is 15.3 Å². The van der Waals surface area contributed by atoms with Crippen LogP contribution in [-0.2, 0) is 6.42 Å². The van der Waals surface area contributed by atoms with E-state index in [4.69, 9.17) is 0 Å². The molecule has 3 nitrogen and oxygen atoms in total. The number of aromatic nitrogens is 3. The van der Waals surface area contributed by atoms with Gasteiger partial charge in [-0.3, -0.25) is 0 Å². The minimum Gasteiger partial charge on any atom is -0.224 e. The van der Waals surface area contributed by atoms with Gasteiger partial charge in [-0.15, -0.1) is 0 Å². The molecule has 20 heavy (non-hydrogen) atoms. The molecule has 0 amide bonds. The highest BCUT2D eigenvalue weighted by atomic mass is 127. The molecule has 0 unspecified atom stereocenters. The molecule has 0 spiro atoms. The Labute approximate surface area is 125 Å². The third-order valence-electron chi connectivity index (χ3n) is 2.91. The topological polar surface area (TPSA) is 30.2 Å². The average Bonchev–Trinajstić information content (AvgIpc) is 2.77. The third-order valence-corrected chi connectivity index (χ3v) is 3.70. The second kappa shape index (κ2) is 5.04. The molecule has 0 fully saturated rings. The summed E-state index contributed by atoms with van der Waals surface area (Å²) in [4.78, 5) is 4.23. The molecule has 2 heterocycles. The van der Waals surface area contributed by atoms with Gasteiger partial charge in [-0.25, -0.2) is 22.7 Å². The number of imidazole rings is 1. The van der Waals surface area contributed by atoms with Crippen molar-refractivity contribution in [1.82, 2.24) is 14.6 Å². The summed E-state index contributed by atoms with van der Waals surface area (Å²) in [5.41, 5.74) is 0.388. The molecule has 0 aliphatic rings. The van der Waals surface area contributed by atoms with Crippen LogP contribution in [0.15, 0.2) is 30.5 Å². The summed E-state index contributed by atoms with van der Waals surface area (Å²) >= 11 is 2.01. The van der Waals surface area contributed by atoms with Crippen molar-refractivity contribution in [2.75, 3.05) is 0 Å². The van der Waals surface area contributed by atoms with Gasteiger partial charge in [0.15, 0.2) is 11.6 Å². The first-order valence-corrected chi connectivity index (χ1v) is 6.76. The zero-order chi connectivity index (χ0) is 14.3. The van der Waals surface area contributed by atoms with E-state index in [9.17, 15) is 13.2 Å². The zero-order valence-electron chi connectivity index (χ0n) is 9.95. The van der Waals surface area contributed by atoms with Crippen LogP contribution >= 0.6 is 22.6 Å². The fourth-order valence-electron chi connectivity index (χ4n) is 1.96. The van der Waals surface area contributed by atoms with Crippen molar-refractivity contribution in [1.29, 1.82) is 0 Å². The van der Waals surface area contributed by atoms with Crippen LogP contribution in [0.2, 0.25) is 0 Å². The fourth-order valence-corrected chi connectivity index (χ4v) is 2.64. The van der Waals surface area contributed by atoms with Gasteiger partial charge < -0.3 is 0 Å². The van der Waals surface area contributed by atoms with E-state index in [2.05, 4.69) is 10.1 Å². The normalized spacial score (nSPS) is 11.2. The number of rotatable bonds is 2. The van der Waals surface area contributed by atoms with Crippen molar-refractivity contribution in [3.63, 3.8) is 0 Å². The van der Waals surface area contributed by atoms with Gasteiger partial charge in [0.25, 0.3) is 0 Å². The first kappa shape index (κ1) is 13.3. The highest BCUT2D eigenvalue weighted by molar-refractivity contribution is 14.1. The largest absolute Gasteiger partial charge is 0.224 e. The lowest BCUT2D eigenvalue weighted by molar-refractivity contribution is 0.481. The lowest BCUT2D eigenvalue weighted by Crippen LogP contribution is -2.04. The minimum absolute atomic E-state index is 0.170. The van der Waals surface area contributed by atoms with Crippen molar-refractivity contribution >= 4 is 28.1 Å². The molecule has 0 radical (unpaired) electrons. The third kappa shape index (κ3) is 2.15. The van der Waals surface area contributed by atoms with Gasteiger partial charge in [0.05, 0.1) is 5.52 Å². The highest BCUT2D eigenvalue weighted by Gasteiger charge is 2.18. The van der Waals surface area contributed by atoms with Crippen LogP contribution in [-0.4, -0.2) is 14.6 Å². The summed E-state index contributed by atoms with van der Waals surface area (Å²) < 4.78 is 42.7. The summed E-state index contributed by atoms with van der Waals surface area (Å²) in [6.07, 6.45) is 1.38. The Hall–Kier alpha value is -1.64. The molecule has 3 rings (SSSR count). The van der Waals surface area contributed by atoms with E-state index < -0.39 is 17.5 Å². The molecule has 102 valence electrons. The first-order chi connectivity index (χ1) is 9.58. The van der Waals surface area contributed by atoms with Crippen molar-refractivity contribution in [3.8, 4) is 0 Å². The van der Waals surface area contributed by atoms with Gasteiger partial charge in [-0.1, -0.05) is 0 Å². The molecule has 0 bridgehead atoms. The number of nitrogens with zero attached hydrogens (tertiary/aromatic N) is 3. The van der Waals surface area contributed by atoms with Crippen LogP contribution in [0.25, 0.3) is 5.52 Å². The number of hydrogen-bond acceptors (Lipinski definition) is 2. The number of hydrogen-bond donors (Lipinski definition) is 0. The average molecular weight is 389 g/mol. The summed E-state index contributed by atoms with van der Waals surface area (Å²) in [7, 11) is 0. The Bertz CT molecular complexity index is 801. The first-order valence-electron chi connectivity index (χ1n) is 5.68. The van der Waals surface area contributed by atoms with Gasteiger partial charge in [-0.05, 0) is 46.9 Å². The van der Waals surface area contributed by atoms with E-state index in [-0.39, 0.29) is 12.0 Å². The van der Waals surface area contributed by atoms with Crippen LogP contribution in [0.5, 0.6) is 0 Å². The van der Waals surface area contributed by atoms with E-state index in [1.165, 1.54) is 4.52 Å². The van der Waals surface area contributed by atoms with Crippen LogP contribution in [0.1, 0.15) is 11.4 Å². The van der Waals surface area contributed by atoms with Crippen molar-refractivity contribution in [3.05, 3.63) is 63.0 Å². The number of halogens is 4. The second-order valence-corrected chi connectivity index (χ2v) is 5.16. The summed E-state index contributed by atoms with van der Waals surface area (Å²) in [5.74, 6) is -2.71. The molecular formula is C13H7F3IN3. The second-order valence-electron chi connectivity index (χ2n) is 4.14. The SMILES string of the molecule is Fc1ccc(F)c(Cc2nc(I)c3cccnn23)c1F. The summed E-state index contributed by atoms with van der Waals surface area (Å²) in [6, 6.07) is 5.21. The Kier molecular flexibility index (Phi) is 3.36. The predicted molar refractivity (Wildman–Crippen MR) is 74.8 cm³/mol. The smallest absolute Gasteiger partial charge is 0.165 e. The number of fused-ring (bicyclic) bond motifs is 1. The molecular weight excluding hydrogens is 382 g/mol. The standard InChI is InChI=1S/C13H7F3IN3/c14-8-3-4-9(15)12(16)7(8)6-11-19-13(17)10-2-1-5-18-20(10)11/h1-5H,6H2. The highest BCUT2D eigenvalue weighted by Crippen LogP contribution is 2.21. The molecule has 0 aliphatic heterocycles. The Balaban J connectivity index is 2.13. The summed E-state index contributed by atoms with van der Waals surface area (Å²) in [6.45, 7) is 0. The molecule has 2 aromatic heterocycles. The Morgan fingerprint density at radius 2 is 1.85 bits per heavy atom. The minimum atomic E-state index is -1.19. The van der Waals surface area contributed by atoms with E-state index >= 15 is 0 Å². The van der Waals surface area contributed by atoms with Crippen molar-refractivity contribution < 1.29 is 13.2 Å². The van der Waals surface area contributed by atoms with E-state index in [1.807, 2.05) is 22.6 Å². The Morgan fingerprint density at radius 3 is 2.65 bits per heavy atom. The lowest BCUT2D eigenvalue weighted by atomic mass is 10.1. The van der Waals surface area contributed by atoms with E-state index in [0.717, 1.165) is 17.6 Å². The molecule has 1 aromatic carbocycles. The molecule has 0 saturated carbocycles.